The Labute approximate surface area is 194 Å². The number of aromatic nitrogens is 2. The first kappa shape index (κ1) is 22.5. The SMILES string of the molecule is COc1cc(C(=O)NCc2ccc(N3CCCC3)nc2)c([N+](=O)[O-])cc1OCc1cscn1. The minimum Gasteiger partial charge on any atom is -0.493 e. The van der Waals surface area contributed by atoms with E-state index < -0.39 is 10.8 Å². The molecule has 33 heavy (non-hydrogen) atoms. The van der Waals surface area contributed by atoms with Gasteiger partial charge in [0.05, 0.1) is 29.3 Å². The van der Waals surface area contributed by atoms with Crippen molar-refractivity contribution < 1.29 is 19.2 Å². The van der Waals surface area contributed by atoms with Gasteiger partial charge in [0.25, 0.3) is 11.6 Å². The number of pyridine rings is 1. The summed E-state index contributed by atoms with van der Waals surface area (Å²) < 4.78 is 11.0. The number of rotatable bonds is 9. The van der Waals surface area contributed by atoms with Crippen molar-refractivity contribution >= 4 is 28.7 Å². The summed E-state index contributed by atoms with van der Waals surface area (Å²) in [5.74, 6) is 0.707. The molecule has 172 valence electrons. The zero-order valence-electron chi connectivity index (χ0n) is 18.0. The van der Waals surface area contributed by atoms with E-state index in [1.54, 1.807) is 11.7 Å². The minimum absolute atomic E-state index is 0.112. The van der Waals surface area contributed by atoms with Crippen molar-refractivity contribution in [3.05, 3.63) is 68.3 Å². The Morgan fingerprint density at radius 2 is 2.06 bits per heavy atom. The lowest BCUT2D eigenvalue weighted by molar-refractivity contribution is -0.385. The van der Waals surface area contributed by atoms with E-state index in [0.717, 1.165) is 37.3 Å². The molecule has 0 aliphatic carbocycles. The molecule has 2 aromatic heterocycles. The highest BCUT2D eigenvalue weighted by Crippen LogP contribution is 2.35. The third-order valence-corrected chi connectivity index (χ3v) is 5.91. The highest BCUT2D eigenvalue weighted by molar-refractivity contribution is 7.07. The van der Waals surface area contributed by atoms with Gasteiger partial charge in [0.15, 0.2) is 11.5 Å². The maximum absolute atomic E-state index is 12.8. The normalized spacial score (nSPS) is 13.1. The predicted molar refractivity (Wildman–Crippen MR) is 123 cm³/mol. The van der Waals surface area contributed by atoms with Crippen LogP contribution < -0.4 is 19.7 Å². The Hall–Kier alpha value is -3.73. The zero-order valence-corrected chi connectivity index (χ0v) is 18.8. The van der Waals surface area contributed by atoms with Crippen molar-refractivity contribution in [2.45, 2.75) is 26.0 Å². The quantitative estimate of drug-likeness (QED) is 0.373. The Kier molecular flexibility index (Phi) is 6.98. The second-order valence-electron chi connectivity index (χ2n) is 7.45. The number of methoxy groups -OCH3 is 1. The van der Waals surface area contributed by atoms with Crippen LogP contribution in [0.4, 0.5) is 11.5 Å². The molecular formula is C22H23N5O5S. The molecule has 0 bridgehead atoms. The van der Waals surface area contributed by atoms with E-state index in [1.807, 2.05) is 17.5 Å². The van der Waals surface area contributed by atoms with E-state index in [2.05, 4.69) is 20.2 Å². The van der Waals surface area contributed by atoms with Gasteiger partial charge in [0, 0.05) is 37.3 Å². The van der Waals surface area contributed by atoms with Crippen LogP contribution in [-0.2, 0) is 13.2 Å². The summed E-state index contributed by atoms with van der Waals surface area (Å²) in [5, 5.41) is 16.2. The van der Waals surface area contributed by atoms with Crippen LogP contribution in [0.15, 0.2) is 41.4 Å². The monoisotopic (exact) mass is 469 g/mol. The molecule has 10 nitrogen and oxygen atoms in total. The number of hydrogen-bond acceptors (Lipinski definition) is 9. The van der Waals surface area contributed by atoms with E-state index in [-0.39, 0.29) is 35.9 Å². The van der Waals surface area contributed by atoms with Crippen LogP contribution in [0.1, 0.15) is 34.5 Å². The summed E-state index contributed by atoms with van der Waals surface area (Å²) in [6.07, 6.45) is 4.03. The fourth-order valence-corrected chi connectivity index (χ4v) is 4.09. The van der Waals surface area contributed by atoms with Gasteiger partial charge in [-0.15, -0.1) is 11.3 Å². The van der Waals surface area contributed by atoms with Crippen molar-refractivity contribution in [1.29, 1.82) is 0 Å². The number of ether oxygens (including phenoxy) is 2. The van der Waals surface area contributed by atoms with Crippen LogP contribution >= 0.6 is 11.3 Å². The Balaban J connectivity index is 1.47. The molecule has 1 aliphatic rings. The molecule has 1 fully saturated rings. The molecule has 0 spiro atoms. The van der Waals surface area contributed by atoms with Gasteiger partial charge in [-0.3, -0.25) is 14.9 Å². The first-order valence-electron chi connectivity index (χ1n) is 10.4. The Morgan fingerprint density at radius 1 is 1.24 bits per heavy atom. The Morgan fingerprint density at radius 3 is 2.70 bits per heavy atom. The molecule has 3 heterocycles. The van der Waals surface area contributed by atoms with Gasteiger partial charge < -0.3 is 19.7 Å². The first-order chi connectivity index (χ1) is 16.0. The van der Waals surface area contributed by atoms with Crippen LogP contribution in [0.5, 0.6) is 11.5 Å². The number of amides is 1. The van der Waals surface area contributed by atoms with Crippen LogP contribution in [0.3, 0.4) is 0 Å². The molecule has 0 radical (unpaired) electrons. The van der Waals surface area contributed by atoms with Crippen LogP contribution in [0, 0.1) is 10.1 Å². The van der Waals surface area contributed by atoms with Crippen molar-refractivity contribution in [1.82, 2.24) is 15.3 Å². The topological polar surface area (TPSA) is 120 Å². The predicted octanol–water partition coefficient (Wildman–Crippen LogP) is 3.56. The number of nitro groups is 1. The van der Waals surface area contributed by atoms with Crippen molar-refractivity contribution in [2.24, 2.45) is 0 Å². The molecule has 1 aliphatic heterocycles. The van der Waals surface area contributed by atoms with Gasteiger partial charge in [0.2, 0.25) is 0 Å². The minimum atomic E-state index is -0.615. The number of carbonyl (C=O) groups excluding carboxylic acids is 1. The largest absolute Gasteiger partial charge is 0.493 e. The van der Waals surface area contributed by atoms with E-state index in [0.29, 0.717) is 5.69 Å². The molecule has 1 N–H and O–H groups in total. The average Bonchev–Trinajstić information content (AvgIpc) is 3.55. The smallest absolute Gasteiger partial charge is 0.286 e. The number of anilines is 1. The van der Waals surface area contributed by atoms with Crippen molar-refractivity contribution in [2.75, 3.05) is 25.1 Å². The summed E-state index contributed by atoms with van der Waals surface area (Å²) in [6.45, 7) is 2.31. The highest BCUT2D eigenvalue weighted by Gasteiger charge is 2.25. The molecule has 0 saturated carbocycles. The summed E-state index contributed by atoms with van der Waals surface area (Å²) in [7, 11) is 1.41. The maximum Gasteiger partial charge on any atom is 0.286 e. The third kappa shape index (κ3) is 5.37. The van der Waals surface area contributed by atoms with E-state index in [1.165, 1.54) is 30.6 Å². The molecule has 4 rings (SSSR count). The summed E-state index contributed by atoms with van der Waals surface area (Å²) >= 11 is 1.42. The standard InChI is InChI=1S/C22H23N5O5S/c1-31-19-8-17(18(27(29)30)9-20(19)32-12-16-13-33-14-25-16)22(28)24-11-15-4-5-21(23-10-15)26-6-2-3-7-26/h4-5,8-10,13-14H,2-3,6-7,11-12H2,1H3,(H,24,28). The second kappa shape index (κ2) is 10.3. The van der Waals surface area contributed by atoms with Gasteiger partial charge in [0.1, 0.15) is 18.0 Å². The lowest BCUT2D eigenvalue weighted by Crippen LogP contribution is -2.24. The molecular weight excluding hydrogens is 446 g/mol. The molecule has 0 unspecified atom stereocenters. The second-order valence-corrected chi connectivity index (χ2v) is 8.17. The van der Waals surface area contributed by atoms with E-state index in [9.17, 15) is 14.9 Å². The number of nitrogens with zero attached hydrogens (tertiary/aromatic N) is 4. The summed E-state index contributed by atoms with van der Waals surface area (Å²) in [5.41, 5.74) is 2.67. The average molecular weight is 470 g/mol. The van der Waals surface area contributed by atoms with Crippen LogP contribution in [-0.4, -0.2) is 41.0 Å². The molecule has 1 amide bonds. The van der Waals surface area contributed by atoms with E-state index >= 15 is 0 Å². The maximum atomic E-state index is 12.8. The van der Waals surface area contributed by atoms with Crippen LogP contribution in [0.25, 0.3) is 0 Å². The number of carbonyl (C=O) groups is 1. The summed E-state index contributed by atoms with van der Waals surface area (Å²) in [4.78, 5) is 34.6. The number of hydrogen-bond donors (Lipinski definition) is 1. The third-order valence-electron chi connectivity index (χ3n) is 5.27. The molecule has 1 aromatic carbocycles. The fourth-order valence-electron chi connectivity index (χ4n) is 3.55. The molecule has 0 atom stereocenters. The number of benzene rings is 1. The van der Waals surface area contributed by atoms with Crippen molar-refractivity contribution in [3.63, 3.8) is 0 Å². The van der Waals surface area contributed by atoms with E-state index in [4.69, 9.17) is 9.47 Å². The van der Waals surface area contributed by atoms with Gasteiger partial charge >= 0.3 is 0 Å². The Bertz CT molecular complexity index is 1110. The highest BCUT2D eigenvalue weighted by atomic mass is 32.1. The van der Waals surface area contributed by atoms with Crippen molar-refractivity contribution in [3.8, 4) is 11.5 Å². The van der Waals surface area contributed by atoms with Gasteiger partial charge in [-0.25, -0.2) is 9.97 Å². The molecule has 1 saturated heterocycles. The molecule has 11 heteroatoms. The zero-order chi connectivity index (χ0) is 23.2. The first-order valence-corrected chi connectivity index (χ1v) is 11.3. The van der Waals surface area contributed by atoms with Gasteiger partial charge in [-0.2, -0.15) is 0 Å². The lowest BCUT2D eigenvalue weighted by Gasteiger charge is -2.16. The van der Waals surface area contributed by atoms with Gasteiger partial charge in [-0.05, 0) is 24.5 Å². The fraction of sp³-hybridized carbons (Fsp3) is 0.318. The van der Waals surface area contributed by atoms with Gasteiger partial charge in [-0.1, -0.05) is 6.07 Å². The lowest BCUT2D eigenvalue weighted by atomic mass is 10.1. The van der Waals surface area contributed by atoms with Crippen LogP contribution in [0.2, 0.25) is 0 Å². The number of nitro benzene ring substituents is 1. The molecule has 3 aromatic rings. The summed E-state index contributed by atoms with van der Waals surface area (Å²) in [6, 6.07) is 6.34. The number of nitrogens with one attached hydrogen (secondary N) is 1. The number of thiazole rings is 1.